The summed E-state index contributed by atoms with van der Waals surface area (Å²) in [5, 5.41) is 2.79. The lowest BCUT2D eigenvalue weighted by Gasteiger charge is -2.20. The highest BCUT2D eigenvalue weighted by Gasteiger charge is 2.17. The highest BCUT2D eigenvalue weighted by atomic mass is 16.3. The lowest BCUT2D eigenvalue weighted by Crippen LogP contribution is -2.31. The quantitative estimate of drug-likeness (QED) is 0.938. The topological polar surface area (TPSA) is 62.6 Å². The van der Waals surface area contributed by atoms with E-state index in [-0.39, 0.29) is 11.8 Å². The molecule has 5 nitrogen and oxygen atoms in total. The van der Waals surface area contributed by atoms with E-state index in [0.717, 1.165) is 25.9 Å². The monoisotopic (exact) mass is 326 g/mol. The second-order valence-electron chi connectivity index (χ2n) is 6.05. The van der Waals surface area contributed by atoms with Crippen LogP contribution < -0.4 is 5.32 Å². The predicted octanol–water partition coefficient (Wildman–Crippen LogP) is 3.23. The number of carbonyl (C=O) groups is 2. The van der Waals surface area contributed by atoms with Crippen LogP contribution in [0.2, 0.25) is 0 Å². The summed E-state index contributed by atoms with van der Waals surface area (Å²) in [6.07, 6.45) is 6.10. The molecule has 1 aliphatic rings. The number of likely N-dealkylation sites (tertiary alicyclic amines) is 1. The smallest absolute Gasteiger partial charge is 0.253 e. The molecule has 0 radical (unpaired) electrons. The summed E-state index contributed by atoms with van der Waals surface area (Å²) in [4.78, 5) is 26.6. The second kappa shape index (κ2) is 7.81. The molecule has 126 valence electrons. The maximum atomic E-state index is 12.5. The zero-order valence-corrected chi connectivity index (χ0v) is 13.7. The van der Waals surface area contributed by atoms with Crippen LogP contribution in [0.15, 0.2) is 47.1 Å². The first-order chi connectivity index (χ1) is 11.7. The van der Waals surface area contributed by atoms with Crippen LogP contribution in [0.3, 0.4) is 0 Å². The van der Waals surface area contributed by atoms with Gasteiger partial charge in [-0.05, 0) is 49.2 Å². The number of nitrogens with one attached hydrogen (secondary N) is 1. The van der Waals surface area contributed by atoms with Crippen LogP contribution in [-0.4, -0.2) is 29.8 Å². The Morgan fingerprint density at radius 1 is 0.958 bits per heavy atom. The van der Waals surface area contributed by atoms with Crippen molar-refractivity contribution in [3.05, 3.63) is 59.5 Å². The highest BCUT2D eigenvalue weighted by Crippen LogP contribution is 2.14. The number of carbonyl (C=O) groups excluding carboxylic acids is 2. The van der Waals surface area contributed by atoms with Gasteiger partial charge in [0, 0.05) is 24.2 Å². The number of amides is 2. The molecule has 1 N–H and O–H groups in total. The molecule has 2 heterocycles. The molecule has 24 heavy (non-hydrogen) atoms. The third-order valence-corrected chi connectivity index (χ3v) is 4.29. The molecule has 1 aromatic heterocycles. The van der Waals surface area contributed by atoms with E-state index in [1.54, 1.807) is 36.6 Å². The van der Waals surface area contributed by atoms with E-state index in [1.165, 1.54) is 12.8 Å². The zero-order chi connectivity index (χ0) is 16.8. The van der Waals surface area contributed by atoms with Crippen molar-refractivity contribution in [3.8, 4) is 0 Å². The van der Waals surface area contributed by atoms with Crippen molar-refractivity contribution in [1.82, 2.24) is 10.2 Å². The lowest BCUT2D eigenvalue weighted by molar-refractivity contribution is 0.0761. The van der Waals surface area contributed by atoms with Crippen molar-refractivity contribution in [2.24, 2.45) is 0 Å². The summed E-state index contributed by atoms with van der Waals surface area (Å²) in [6, 6.07) is 10.4. The number of hydrogen-bond donors (Lipinski definition) is 1. The van der Waals surface area contributed by atoms with Gasteiger partial charge in [0.15, 0.2) is 0 Å². The average Bonchev–Trinajstić information content (AvgIpc) is 2.99. The van der Waals surface area contributed by atoms with Gasteiger partial charge in [0.05, 0.1) is 12.8 Å². The molecule has 0 aliphatic carbocycles. The van der Waals surface area contributed by atoms with Crippen LogP contribution in [0.25, 0.3) is 0 Å². The molecule has 1 saturated heterocycles. The number of nitrogens with zero attached hydrogens (tertiary/aromatic N) is 1. The highest BCUT2D eigenvalue weighted by molar-refractivity contribution is 5.97. The SMILES string of the molecule is O=C(NCc1ccco1)c1ccc(C(=O)N2CCCCCC2)cc1. The van der Waals surface area contributed by atoms with E-state index in [4.69, 9.17) is 4.42 Å². The molecule has 3 rings (SSSR count). The molecule has 0 unspecified atom stereocenters. The molecule has 0 saturated carbocycles. The number of rotatable bonds is 4. The van der Waals surface area contributed by atoms with E-state index in [9.17, 15) is 9.59 Å². The predicted molar refractivity (Wildman–Crippen MR) is 90.7 cm³/mol. The summed E-state index contributed by atoms with van der Waals surface area (Å²) >= 11 is 0. The molecule has 0 bridgehead atoms. The minimum absolute atomic E-state index is 0.0550. The Hall–Kier alpha value is -2.56. The third-order valence-electron chi connectivity index (χ3n) is 4.29. The molecule has 1 aliphatic heterocycles. The Morgan fingerprint density at radius 2 is 1.62 bits per heavy atom. The van der Waals surface area contributed by atoms with E-state index in [0.29, 0.717) is 23.4 Å². The maximum Gasteiger partial charge on any atom is 0.253 e. The molecule has 2 amide bonds. The first kappa shape index (κ1) is 16.3. The molecule has 0 spiro atoms. The van der Waals surface area contributed by atoms with Crippen molar-refractivity contribution in [3.63, 3.8) is 0 Å². The Bertz CT molecular complexity index is 669. The third kappa shape index (κ3) is 4.04. The fourth-order valence-electron chi connectivity index (χ4n) is 2.90. The standard InChI is InChI=1S/C19H22N2O3/c22-18(20-14-17-6-5-13-24-17)15-7-9-16(10-8-15)19(23)21-11-3-1-2-4-12-21/h5-10,13H,1-4,11-12,14H2,(H,20,22). The largest absolute Gasteiger partial charge is 0.467 e. The number of benzene rings is 1. The summed E-state index contributed by atoms with van der Waals surface area (Å²) in [6.45, 7) is 1.99. The second-order valence-corrected chi connectivity index (χ2v) is 6.05. The van der Waals surface area contributed by atoms with Crippen LogP contribution >= 0.6 is 0 Å². The molecule has 1 fully saturated rings. The summed E-state index contributed by atoms with van der Waals surface area (Å²) < 4.78 is 5.18. The van der Waals surface area contributed by atoms with E-state index >= 15 is 0 Å². The molecule has 0 atom stereocenters. The van der Waals surface area contributed by atoms with Crippen LogP contribution in [0.1, 0.15) is 52.2 Å². The van der Waals surface area contributed by atoms with E-state index in [1.807, 2.05) is 11.0 Å². The normalized spacial score (nSPS) is 14.9. The fraction of sp³-hybridized carbons (Fsp3) is 0.368. The van der Waals surface area contributed by atoms with Crippen molar-refractivity contribution in [2.75, 3.05) is 13.1 Å². The van der Waals surface area contributed by atoms with Crippen LogP contribution in [0, 0.1) is 0 Å². The van der Waals surface area contributed by atoms with Crippen LogP contribution in [-0.2, 0) is 6.54 Å². The number of furan rings is 1. The first-order valence-corrected chi connectivity index (χ1v) is 8.44. The van der Waals surface area contributed by atoms with Gasteiger partial charge < -0.3 is 14.6 Å². The van der Waals surface area contributed by atoms with Gasteiger partial charge in [-0.15, -0.1) is 0 Å². The van der Waals surface area contributed by atoms with Crippen LogP contribution in [0.5, 0.6) is 0 Å². The molecule has 5 heteroatoms. The van der Waals surface area contributed by atoms with Gasteiger partial charge >= 0.3 is 0 Å². The fourth-order valence-corrected chi connectivity index (χ4v) is 2.90. The van der Waals surface area contributed by atoms with Gasteiger partial charge in [-0.2, -0.15) is 0 Å². The Labute approximate surface area is 141 Å². The first-order valence-electron chi connectivity index (χ1n) is 8.44. The van der Waals surface area contributed by atoms with E-state index < -0.39 is 0 Å². The molecule has 2 aromatic rings. The number of hydrogen-bond acceptors (Lipinski definition) is 3. The molecular formula is C19H22N2O3. The summed E-state index contributed by atoms with van der Waals surface area (Å²) in [5.41, 5.74) is 1.17. The van der Waals surface area contributed by atoms with Crippen LogP contribution in [0.4, 0.5) is 0 Å². The Kier molecular flexibility index (Phi) is 5.31. The minimum atomic E-state index is -0.180. The lowest BCUT2D eigenvalue weighted by atomic mass is 10.1. The average molecular weight is 326 g/mol. The molecule has 1 aromatic carbocycles. The van der Waals surface area contributed by atoms with Gasteiger partial charge in [-0.25, -0.2) is 0 Å². The van der Waals surface area contributed by atoms with Crippen molar-refractivity contribution in [2.45, 2.75) is 32.2 Å². The minimum Gasteiger partial charge on any atom is -0.467 e. The summed E-state index contributed by atoms with van der Waals surface area (Å²) in [5.74, 6) is 0.580. The van der Waals surface area contributed by atoms with Gasteiger partial charge in [0.25, 0.3) is 11.8 Å². The van der Waals surface area contributed by atoms with Gasteiger partial charge in [0.1, 0.15) is 5.76 Å². The summed E-state index contributed by atoms with van der Waals surface area (Å²) in [7, 11) is 0. The van der Waals surface area contributed by atoms with Gasteiger partial charge in [-0.1, -0.05) is 12.8 Å². The van der Waals surface area contributed by atoms with Gasteiger partial charge in [0.2, 0.25) is 0 Å². The van der Waals surface area contributed by atoms with Crippen molar-refractivity contribution in [1.29, 1.82) is 0 Å². The van der Waals surface area contributed by atoms with Crippen molar-refractivity contribution >= 4 is 11.8 Å². The Balaban J connectivity index is 1.59. The van der Waals surface area contributed by atoms with Gasteiger partial charge in [-0.3, -0.25) is 9.59 Å². The molecular weight excluding hydrogens is 304 g/mol. The van der Waals surface area contributed by atoms with E-state index in [2.05, 4.69) is 5.32 Å². The zero-order valence-electron chi connectivity index (χ0n) is 13.7. The van der Waals surface area contributed by atoms with Crippen molar-refractivity contribution < 1.29 is 14.0 Å². The Morgan fingerprint density at radius 3 is 2.25 bits per heavy atom. The maximum absolute atomic E-state index is 12.5.